The van der Waals surface area contributed by atoms with Gasteiger partial charge in [-0.05, 0) is 83.5 Å². The van der Waals surface area contributed by atoms with Gasteiger partial charge in [0, 0.05) is 12.8 Å². The molecule has 6 nitrogen and oxygen atoms in total. The van der Waals surface area contributed by atoms with Crippen LogP contribution in [0.1, 0.15) is 406 Å². The number of unbranched alkanes of at least 4 members (excludes halogenated alkanes) is 53. The third-order valence-corrected chi connectivity index (χ3v) is 17.3. The predicted octanol–water partition coefficient (Wildman–Crippen LogP) is 24.4. The number of rotatable bonds is 70. The van der Waals surface area contributed by atoms with Gasteiger partial charge in [-0.3, -0.25) is 9.59 Å². The maximum atomic E-state index is 12.5. The smallest absolute Gasteiger partial charge is 0.305 e. The fourth-order valence-corrected chi connectivity index (χ4v) is 11.6. The highest BCUT2D eigenvalue weighted by atomic mass is 16.5. The molecule has 0 bridgehead atoms. The minimum Gasteiger partial charge on any atom is -0.466 e. The molecule has 0 aromatic carbocycles. The Bertz CT molecular complexity index is 1390. The molecule has 0 aromatic heterocycles. The highest BCUT2D eigenvalue weighted by molar-refractivity contribution is 5.76. The molecule has 0 fully saturated rings. The molecular weight excluding hydrogens is 1020 g/mol. The number of ether oxygens (including phenoxy) is 1. The highest BCUT2D eigenvalue weighted by Gasteiger charge is 2.18. The van der Waals surface area contributed by atoms with Crippen LogP contribution in [0.3, 0.4) is 0 Å². The van der Waals surface area contributed by atoms with Crippen molar-refractivity contribution in [2.75, 3.05) is 13.2 Å². The average Bonchev–Trinajstić information content (AvgIpc) is 3.49. The van der Waals surface area contributed by atoms with Crippen LogP contribution >= 0.6 is 0 Å². The summed E-state index contributed by atoms with van der Waals surface area (Å²) < 4.78 is 5.48. The molecule has 0 saturated heterocycles. The number of hydrogen-bond donors (Lipinski definition) is 3. The summed E-state index contributed by atoms with van der Waals surface area (Å²) in [5, 5.41) is 23.3. The molecule has 2 atom stereocenters. The van der Waals surface area contributed by atoms with E-state index in [0.717, 1.165) is 51.4 Å². The molecule has 488 valence electrons. The van der Waals surface area contributed by atoms with Crippen molar-refractivity contribution in [2.45, 2.75) is 418 Å². The zero-order chi connectivity index (χ0) is 59.9. The first kappa shape index (κ1) is 80.8. The molecule has 0 spiro atoms. The number of carbonyl (C=O) groups excluding carboxylic acids is 2. The lowest BCUT2D eigenvalue weighted by Crippen LogP contribution is -2.45. The van der Waals surface area contributed by atoms with Crippen molar-refractivity contribution in [1.29, 1.82) is 0 Å². The van der Waals surface area contributed by atoms with Gasteiger partial charge in [0.25, 0.3) is 0 Å². The Kier molecular flexibility index (Phi) is 70.4. The van der Waals surface area contributed by atoms with Gasteiger partial charge >= 0.3 is 5.97 Å². The molecule has 0 radical (unpaired) electrons. The SMILES string of the molecule is CCCC/C=C\C/C=C\CCCCCCCC(=O)OCCCCCCCCCCCCCC/C=C\CCCCCCCCCCCCCCCCC(=O)NC(CO)C(O)/C=C/CCCCCCCCCCCCCCCCCCCCCC. The second-order valence-electron chi connectivity index (χ2n) is 25.6. The van der Waals surface area contributed by atoms with E-state index in [0.29, 0.717) is 19.4 Å². The number of carbonyl (C=O) groups is 2. The zero-order valence-corrected chi connectivity index (χ0v) is 55.9. The van der Waals surface area contributed by atoms with Gasteiger partial charge in [0.15, 0.2) is 0 Å². The lowest BCUT2D eigenvalue weighted by Gasteiger charge is -2.20. The molecule has 83 heavy (non-hydrogen) atoms. The fourth-order valence-electron chi connectivity index (χ4n) is 11.6. The summed E-state index contributed by atoms with van der Waals surface area (Å²) in [6.07, 6.45) is 94.9. The van der Waals surface area contributed by atoms with E-state index in [2.05, 4.69) is 55.6 Å². The number of esters is 1. The Morgan fingerprint density at radius 3 is 0.964 bits per heavy atom. The first-order valence-electron chi connectivity index (χ1n) is 37.4. The third-order valence-electron chi connectivity index (χ3n) is 17.3. The highest BCUT2D eigenvalue weighted by Crippen LogP contribution is 2.19. The van der Waals surface area contributed by atoms with Crippen LogP contribution in [0.5, 0.6) is 0 Å². The summed E-state index contributed by atoms with van der Waals surface area (Å²) in [5.41, 5.74) is 0. The Balaban J connectivity index is 3.40. The summed E-state index contributed by atoms with van der Waals surface area (Å²) in [4.78, 5) is 24.6. The average molecular weight is 1170 g/mol. The van der Waals surface area contributed by atoms with Crippen LogP contribution in [-0.2, 0) is 14.3 Å². The maximum Gasteiger partial charge on any atom is 0.305 e. The zero-order valence-electron chi connectivity index (χ0n) is 55.9. The van der Waals surface area contributed by atoms with Gasteiger partial charge in [-0.2, -0.15) is 0 Å². The van der Waals surface area contributed by atoms with Gasteiger partial charge in [-0.1, -0.05) is 358 Å². The number of nitrogens with one attached hydrogen (secondary N) is 1. The van der Waals surface area contributed by atoms with Crippen LogP contribution in [0.4, 0.5) is 0 Å². The van der Waals surface area contributed by atoms with Crippen LogP contribution in [0.2, 0.25) is 0 Å². The minimum atomic E-state index is -0.845. The Labute approximate surface area is 518 Å². The van der Waals surface area contributed by atoms with E-state index in [4.69, 9.17) is 4.74 Å². The van der Waals surface area contributed by atoms with E-state index in [-0.39, 0.29) is 18.5 Å². The number of aliphatic hydroxyl groups is 2. The molecule has 0 aliphatic rings. The van der Waals surface area contributed by atoms with E-state index in [1.807, 2.05) is 6.08 Å². The molecule has 6 heteroatoms. The maximum absolute atomic E-state index is 12.5. The van der Waals surface area contributed by atoms with E-state index in [1.165, 1.54) is 327 Å². The number of amides is 1. The van der Waals surface area contributed by atoms with Gasteiger partial charge in [0.1, 0.15) is 0 Å². The minimum absolute atomic E-state index is 0.00238. The van der Waals surface area contributed by atoms with Crippen molar-refractivity contribution in [3.8, 4) is 0 Å². The van der Waals surface area contributed by atoms with E-state index in [9.17, 15) is 19.8 Å². The summed E-state index contributed by atoms with van der Waals surface area (Å²) in [6.45, 7) is 4.89. The summed E-state index contributed by atoms with van der Waals surface area (Å²) >= 11 is 0. The van der Waals surface area contributed by atoms with Gasteiger partial charge < -0.3 is 20.3 Å². The molecule has 0 aliphatic heterocycles. The third kappa shape index (κ3) is 68.8. The summed E-state index contributed by atoms with van der Waals surface area (Å²) in [5.74, 6) is -0.0603. The molecule has 2 unspecified atom stereocenters. The normalized spacial score (nSPS) is 12.8. The fraction of sp³-hybridized carbons (Fsp3) is 0.870. The van der Waals surface area contributed by atoms with Gasteiger partial charge in [0.05, 0.1) is 25.4 Å². The van der Waals surface area contributed by atoms with Crippen LogP contribution in [0.15, 0.2) is 48.6 Å². The first-order chi connectivity index (χ1) is 41.0. The molecule has 0 aliphatic carbocycles. The molecule has 1 amide bonds. The van der Waals surface area contributed by atoms with Crippen LogP contribution in [-0.4, -0.2) is 47.4 Å². The monoisotopic (exact) mass is 1160 g/mol. The quantitative estimate of drug-likeness (QED) is 0.0320. The van der Waals surface area contributed by atoms with Crippen molar-refractivity contribution in [3.05, 3.63) is 48.6 Å². The molecule has 3 N–H and O–H groups in total. The topological polar surface area (TPSA) is 95.9 Å². The second kappa shape index (κ2) is 72.3. The standard InChI is InChI=1S/C77H145NO5/c1-3-5-7-9-11-13-15-17-19-20-21-22-33-36-39-42-45-49-53-57-61-65-69-75(80)74(73-79)78-76(81)70-66-62-58-54-50-46-43-40-37-34-31-29-27-25-23-24-26-28-30-32-35-38-41-44-48-52-56-60-64-68-72-83-77(82)71-67-63-59-55-51-47-18-16-14-12-10-8-6-4-2/h10,12,16,18,24,26,65,69,74-75,79-80H,3-9,11,13-15,17,19-23,25,27-64,66-68,70-73H2,1-2H3,(H,78,81)/b12-10-,18-16-,26-24-,69-65+. The molecular formula is C77H145NO5. The summed E-state index contributed by atoms with van der Waals surface area (Å²) in [7, 11) is 0. The number of allylic oxidation sites excluding steroid dienone is 7. The Hall–Kier alpha value is -2.18. The van der Waals surface area contributed by atoms with Crippen molar-refractivity contribution in [3.63, 3.8) is 0 Å². The van der Waals surface area contributed by atoms with Crippen molar-refractivity contribution < 1.29 is 24.5 Å². The van der Waals surface area contributed by atoms with Crippen molar-refractivity contribution >= 4 is 11.9 Å². The lowest BCUT2D eigenvalue weighted by molar-refractivity contribution is -0.143. The molecule has 0 saturated carbocycles. The van der Waals surface area contributed by atoms with E-state index in [1.54, 1.807) is 6.08 Å². The molecule has 0 aromatic rings. The Morgan fingerprint density at radius 1 is 0.337 bits per heavy atom. The van der Waals surface area contributed by atoms with Gasteiger partial charge in [-0.25, -0.2) is 0 Å². The number of hydrogen-bond acceptors (Lipinski definition) is 5. The van der Waals surface area contributed by atoms with Crippen LogP contribution < -0.4 is 5.32 Å². The summed E-state index contributed by atoms with van der Waals surface area (Å²) in [6, 6.07) is -0.629. The van der Waals surface area contributed by atoms with Crippen LogP contribution in [0.25, 0.3) is 0 Å². The van der Waals surface area contributed by atoms with E-state index >= 15 is 0 Å². The number of aliphatic hydroxyl groups excluding tert-OH is 2. The largest absolute Gasteiger partial charge is 0.466 e. The van der Waals surface area contributed by atoms with Crippen LogP contribution in [0, 0.1) is 0 Å². The van der Waals surface area contributed by atoms with Gasteiger partial charge in [-0.15, -0.1) is 0 Å². The Morgan fingerprint density at radius 2 is 0.614 bits per heavy atom. The lowest BCUT2D eigenvalue weighted by atomic mass is 10.0. The van der Waals surface area contributed by atoms with E-state index < -0.39 is 12.1 Å². The molecule has 0 heterocycles. The second-order valence-corrected chi connectivity index (χ2v) is 25.6. The van der Waals surface area contributed by atoms with Gasteiger partial charge in [0.2, 0.25) is 5.91 Å². The predicted molar refractivity (Wildman–Crippen MR) is 366 cm³/mol. The first-order valence-corrected chi connectivity index (χ1v) is 37.4. The van der Waals surface area contributed by atoms with Crippen molar-refractivity contribution in [2.24, 2.45) is 0 Å². The van der Waals surface area contributed by atoms with Crippen molar-refractivity contribution in [1.82, 2.24) is 5.32 Å². The molecule has 0 rings (SSSR count).